The highest BCUT2D eigenvalue weighted by Crippen LogP contribution is 2.20. The Balaban J connectivity index is 2.37. The molecule has 2 aromatic carbocycles. The molecule has 0 atom stereocenters. The van der Waals surface area contributed by atoms with Gasteiger partial charge in [0.15, 0.2) is 0 Å². The highest BCUT2D eigenvalue weighted by atomic mass is 15.5. The number of nitrogens with two attached hydrogens (primary N) is 1. The lowest BCUT2D eigenvalue weighted by Crippen LogP contribution is -2.75. The van der Waals surface area contributed by atoms with Gasteiger partial charge in [0.1, 0.15) is 0 Å². The second-order valence-electron chi connectivity index (χ2n) is 3.36. The van der Waals surface area contributed by atoms with E-state index in [1.165, 1.54) is 0 Å². The lowest BCUT2D eigenvalue weighted by atomic mass is 10.2. The Morgan fingerprint density at radius 2 is 1.44 bits per heavy atom. The molecule has 0 unspecified atom stereocenters. The molecule has 80 valence electrons. The minimum atomic E-state index is 0.690. The Morgan fingerprint density at radius 1 is 0.875 bits per heavy atom. The van der Waals surface area contributed by atoms with Gasteiger partial charge in [-0.2, -0.15) is 10.8 Å². The SMILES string of the molecule is [N-]=[NH+]N(c1ccccc1)c1ccc(N)cc1. The number of hydrazine groups is 1. The van der Waals surface area contributed by atoms with Crippen molar-refractivity contribution in [1.29, 1.82) is 0 Å². The van der Waals surface area contributed by atoms with E-state index in [1.807, 2.05) is 42.5 Å². The summed E-state index contributed by atoms with van der Waals surface area (Å²) >= 11 is 0. The van der Waals surface area contributed by atoms with Crippen molar-refractivity contribution in [2.45, 2.75) is 0 Å². The second kappa shape index (κ2) is 4.44. The van der Waals surface area contributed by atoms with Crippen LogP contribution in [0.2, 0.25) is 0 Å². The van der Waals surface area contributed by atoms with Crippen molar-refractivity contribution in [2.75, 3.05) is 10.7 Å². The summed E-state index contributed by atoms with van der Waals surface area (Å²) < 4.78 is 0. The molecule has 2 rings (SSSR count). The van der Waals surface area contributed by atoms with Crippen LogP contribution in [0.1, 0.15) is 0 Å². The molecule has 0 fully saturated rings. The van der Waals surface area contributed by atoms with E-state index in [-0.39, 0.29) is 0 Å². The first-order chi connectivity index (χ1) is 7.81. The fourth-order valence-electron chi connectivity index (χ4n) is 1.46. The van der Waals surface area contributed by atoms with Crippen LogP contribution in [0, 0.1) is 0 Å². The Morgan fingerprint density at radius 3 is 2.00 bits per heavy atom. The molecule has 0 radical (unpaired) electrons. The van der Waals surface area contributed by atoms with Crippen LogP contribution in [0.5, 0.6) is 0 Å². The molecule has 0 bridgehead atoms. The molecular weight excluding hydrogens is 200 g/mol. The van der Waals surface area contributed by atoms with E-state index in [4.69, 9.17) is 11.3 Å². The van der Waals surface area contributed by atoms with Gasteiger partial charge in [0.2, 0.25) is 0 Å². The largest absolute Gasteiger partial charge is 0.399 e. The van der Waals surface area contributed by atoms with Crippen molar-refractivity contribution in [3.8, 4) is 0 Å². The van der Waals surface area contributed by atoms with Crippen LogP contribution >= 0.6 is 0 Å². The van der Waals surface area contributed by atoms with Crippen molar-refractivity contribution in [1.82, 2.24) is 0 Å². The Bertz CT molecular complexity index is 464. The first-order valence-electron chi connectivity index (χ1n) is 4.92. The minimum absolute atomic E-state index is 0.690. The monoisotopic (exact) mass is 212 g/mol. The number of nitrogen functional groups attached to an aromatic ring is 1. The molecule has 0 aliphatic heterocycles. The maximum atomic E-state index is 9.15. The predicted octanol–water partition coefficient (Wildman–Crippen LogP) is 1.42. The van der Waals surface area contributed by atoms with Crippen molar-refractivity contribution < 1.29 is 5.22 Å². The zero-order valence-electron chi connectivity index (χ0n) is 8.67. The van der Waals surface area contributed by atoms with Gasteiger partial charge in [0, 0.05) is 17.1 Å². The fraction of sp³-hybridized carbons (Fsp3) is 0. The summed E-state index contributed by atoms with van der Waals surface area (Å²) in [5.41, 5.74) is 17.1. The van der Waals surface area contributed by atoms with Crippen molar-refractivity contribution in [3.05, 3.63) is 60.1 Å². The zero-order chi connectivity index (χ0) is 11.4. The number of para-hydroxylation sites is 1. The van der Waals surface area contributed by atoms with Gasteiger partial charge in [-0.05, 0) is 12.1 Å². The molecule has 0 spiro atoms. The molecular formula is C12H12N4. The average Bonchev–Trinajstić information content (AvgIpc) is 2.34. The number of nitrogens with one attached hydrogen (secondary N) is 1. The van der Waals surface area contributed by atoms with Gasteiger partial charge in [-0.25, -0.2) is 5.01 Å². The van der Waals surface area contributed by atoms with Crippen LogP contribution < -0.4 is 16.0 Å². The van der Waals surface area contributed by atoms with Crippen molar-refractivity contribution >= 4 is 17.1 Å². The van der Waals surface area contributed by atoms with Gasteiger partial charge in [-0.15, -0.1) is 0 Å². The maximum absolute atomic E-state index is 9.15. The van der Waals surface area contributed by atoms with Crippen molar-refractivity contribution in [2.24, 2.45) is 0 Å². The first-order valence-corrected chi connectivity index (χ1v) is 4.92. The van der Waals surface area contributed by atoms with Gasteiger partial charge in [-0.3, -0.25) is 0 Å². The van der Waals surface area contributed by atoms with E-state index < -0.39 is 0 Å². The van der Waals surface area contributed by atoms with Crippen molar-refractivity contribution in [3.63, 3.8) is 0 Å². The summed E-state index contributed by atoms with van der Waals surface area (Å²) in [5, 5.41) is 3.70. The second-order valence-corrected chi connectivity index (χ2v) is 3.36. The Hall–Kier alpha value is -2.36. The fourth-order valence-corrected chi connectivity index (χ4v) is 1.46. The van der Waals surface area contributed by atoms with Crippen LogP contribution in [-0.4, -0.2) is 0 Å². The summed E-state index contributed by atoms with van der Waals surface area (Å²) in [5.74, 6) is 0. The topological polar surface area (TPSA) is 65.5 Å². The summed E-state index contributed by atoms with van der Waals surface area (Å²) in [6.45, 7) is 0. The molecule has 4 nitrogen and oxygen atoms in total. The number of nitrogens with zero attached hydrogens (tertiary/aromatic N) is 2. The number of hydrogen-bond donors (Lipinski definition) is 2. The molecule has 0 aliphatic rings. The zero-order valence-corrected chi connectivity index (χ0v) is 8.67. The summed E-state index contributed by atoms with van der Waals surface area (Å²) in [4.78, 5) is 0. The smallest absolute Gasteiger partial charge is 0.0314 e. The normalized spacial score (nSPS) is 9.75. The highest BCUT2D eigenvalue weighted by Gasteiger charge is 2.03. The van der Waals surface area contributed by atoms with Gasteiger partial charge < -0.3 is 5.73 Å². The van der Waals surface area contributed by atoms with Gasteiger partial charge >= 0.3 is 0 Å². The van der Waals surface area contributed by atoms with E-state index in [0.29, 0.717) is 5.69 Å². The Kier molecular flexibility index (Phi) is 2.82. The minimum Gasteiger partial charge on any atom is -0.399 e. The third-order valence-electron chi connectivity index (χ3n) is 2.27. The number of rotatable bonds is 3. The van der Waals surface area contributed by atoms with E-state index in [9.17, 15) is 0 Å². The van der Waals surface area contributed by atoms with E-state index in [2.05, 4.69) is 5.22 Å². The lowest BCUT2D eigenvalue weighted by Gasteiger charge is -2.20. The highest BCUT2D eigenvalue weighted by molar-refractivity contribution is 5.61. The van der Waals surface area contributed by atoms with Crippen LogP contribution in [0.25, 0.3) is 5.53 Å². The lowest BCUT2D eigenvalue weighted by molar-refractivity contribution is -0.484. The van der Waals surface area contributed by atoms with E-state index in [0.717, 1.165) is 11.4 Å². The van der Waals surface area contributed by atoms with Crippen LogP contribution in [0.15, 0.2) is 54.6 Å². The third kappa shape index (κ3) is 2.00. The van der Waals surface area contributed by atoms with E-state index >= 15 is 0 Å². The number of hydrogen-bond acceptors (Lipinski definition) is 1. The standard InChI is InChI=1S/C12H12N4/c13-10-6-8-12(9-7-10)16(15-14)11-4-2-1-3-5-11/h1-9,15H,13H2. The van der Waals surface area contributed by atoms with Gasteiger partial charge in [-0.1, -0.05) is 42.5 Å². The molecule has 3 N–H and O–H groups in total. The van der Waals surface area contributed by atoms with Gasteiger partial charge in [0.25, 0.3) is 0 Å². The molecule has 0 saturated heterocycles. The van der Waals surface area contributed by atoms with Crippen LogP contribution in [0.3, 0.4) is 0 Å². The first kappa shape index (κ1) is 10.2. The maximum Gasteiger partial charge on any atom is 0.0314 e. The van der Waals surface area contributed by atoms with Gasteiger partial charge in [0.05, 0.1) is 0 Å². The molecule has 0 heterocycles. The third-order valence-corrected chi connectivity index (χ3v) is 2.27. The van der Waals surface area contributed by atoms with Crippen LogP contribution in [-0.2, 0) is 0 Å². The summed E-state index contributed by atoms with van der Waals surface area (Å²) in [7, 11) is 0. The summed E-state index contributed by atoms with van der Waals surface area (Å²) in [6.07, 6.45) is 0. The molecule has 2 aromatic rings. The Labute approximate surface area is 93.8 Å². The quantitative estimate of drug-likeness (QED) is 0.459. The number of anilines is 3. The molecule has 0 aliphatic carbocycles. The van der Waals surface area contributed by atoms with Crippen LogP contribution in [0.4, 0.5) is 17.1 Å². The molecule has 0 amide bonds. The molecule has 0 saturated carbocycles. The molecule has 16 heavy (non-hydrogen) atoms. The molecule has 4 heteroatoms. The average molecular weight is 212 g/mol. The number of benzene rings is 2. The predicted molar refractivity (Wildman–Crippen MR) is 63.8 cm³/mol. The van der Waals surface area contributed by atoms with E-state index in [1.54, 1.807) is 17.1 Å². The summed E-state index contributed by atoms with van der Waals surface area (Å²) in [6, 6.07) is 16.7. The molecule has 0 aromatic heterocycles.